The van der Waals surface area contributed by atoms with Crippen molar-refractivity contribution in [1.82, 2.24) is 9.97 Å². The van der Waals surface area contributed by atoms with Gasteiger partial charge in [0, 0.05) is 0 Å². The molecule has 4 N–H and O–H groups in total. The molecule has 0 spiro atoms. The molecule has 2 aromatic rings. The smallest absolute Gasteiger partial charge is 0.136 e. The van der Waals surface area contributed by atoms with Gasteiger partial charge in [-0.05, 0) is 23.8 Å². The lowest BCUT2D eigenvalue weighted by molar-refractivity contribution is 0.415. The zero-order valence-electron chi connectivity index (χ0n) is 10.00. The van der Waals surface area contributed by atoms with Crippen LogP contribution in [0, 0.1) is 0 Å². The van der Waals surface area contributed by atoms with Crippen molar-refractivity contribution in [2.24, 2.45) is 0 Å². The van der Waals surface area contributed by atoms with E-state index in [0.717, 1.165) is 11.3 Å². The quantitative estimate of drug-likeness (QED) is 0.857. The first-order valence-electron chi connectivity index (χ1n) is 5.39. The maximum Gasteiger partial charge on any atom is 0.136 e. The standard InChI is InChI=1S/C13H14N4O/c1-18-10-5-2-9(3-6-10)4-7-11-12(14)16-8-17-13(11)15/h2-8H,1H3,(H4,14,15,16,17)/b7-4+. The number of hydrogen-bond donors (Lipinski definition) is 2. The maximum absolute atomic E-state index is 5.73. The van der Waals surface area contributed by atoms with E-state index in [9.17, 15) is 0 Å². The molecule has 18 heavy (non-hydrogen) atoms. The average molecular weight is 242 g/mol. The van der Waals surface area contributed by atoms with Gasteiger partial charge in [0.2, 0.25) is 0 Å². The molecule has 0 fully saturated rings. The number of aromatic nitrogens is 2. The predicted molar refractivity (Wildman–Crippen MR) is 72.8 cm³/mol. The first kappa shape index (κ1) is 11.9. The lowest BCUT2D eigenvalue weighted by Gasteiger charge is -2.02. The van der Waals surface area contributed by atoms with Gasteiger partial charge in [0.1, 0.15) is 23.7 Å². The van der Waals surface area contributed by atoms with Gasteiger partial charge in [-0.2, -0.15) is 0 Å². The monoisotopic (exact) mass is 242 g/mol. The van der Waals surface area contributed by atoms with Crippen LogP contribution >= 0.6 is 0 Å². The summed E-state index contributed by atoms with van der Waals surface area (Å²) >= 11 is 0. The fourth-order valence-electron chi connectivity index (χ4n) is 1.49. The molecule has 0 radical (unpaired) electrons. The zero-order valence-corrected chi connectivity index (χ0v) is 10.00. The highest BCUT2D eigenvalue weighted by Gasteiger charge is 2.01. The Morgan fingerprint density at radius 2 is 1.61 bits per heavy atom. The van der Waals surface area contributed by atoms with Crippen LogP contribution in [0.25, 0.3) is 12.2 Å². The number of nitrogens with zero attached hydrogens (tertiary/aromatic N) is 2. The van der Waals surface area contributed by atoms with Crippen molar-refractivity contribution in [3.8, 4) is 5.75 Å². The Hall–Kier alpha value is -2.56. The van der Waals surface area contributed by atoms with Gasteiger partial charge in [-0.25, -0.2) is 9.97 Å². The number of benzene rings is 1. The van der Waals surface area contributed by atoms with Crippen molar-refractivity contribution in [3.05, 3.63) is 41.7 Å². The Kier molecular flexibility index (Phi) is 3.43. The first-order chi connectivity index (χ1) is 8.70. The van der Waals surface area contributed by atoms with Crippen LogP contribution in [0.1, 0.15) is 11.1 Å². The highest BCUT2D eigenvalue weighted by molar-refractivity contribution is 5.79. The molecule has 0 bridgehead atoms. The molecule has 0 unspecified atom stereocenters. The van der Waals surface area contributed by atoms with Crippen LogP contribution in [0.2, 0.25) is 0 Å². The maximum atomic E-state index is 5.73. The molecule has 1 heterocycles. The van der Waals surface area contributed by atoms with E-state index in [-0.39, 0.29) is 0 Å². The Balaban J connectivity index is 2.24. The molecule has 0 amide bonds. The van der Waals surface area contributed by atoms with Gasteiger partial charge in [0.15, 0.2) is 0 Å². The normalized spacial score (nSPS) is 10.7. The van der Waals surface area contributed by atoms with Gasteiger partial charge in [-0.1, -0.05) is 18.2 Å². The number of nitrogens with two attached hydrogens (primary N) is 2. The molecule has 0 aliphatic carbocycles. The third-order valence-electron chi connectivity index (χ3n) is 2.50. The molecular weight excluding hydrogens is 228 g/mol. The summed E-state index contributed by atoms with van der Waals surface area (Å²) < 4.78 is 5.09. The van der Waals surface area contributed by atoms with E-state index < -0.39 is 0 Å². The van der Waals surface area contributed by atoms with E-state index in [1.54, 1.807) is 13.2 Å². The largest absolute Gasteiger partial charge is 0.497 e. The summed E-state index contributed by atoms with van der Waals surface area (Å²) in [6.07, 6.45) is 5.03. The Morgan fingerprint density at radius 1 is 1.00 bits per heavy atom. The second-order valence-electron chi connectivity index (χ2n) is 3.66. The van der Waals surface area contributed by atoms with Gasteiger partial charge in [0.25, 0.3) is 0 Å². The van der Waals surface area contributed by atoms with Gasteiger partial charge in [-0.3, -0.25) is 0 Å². The molecular formula is C13H14N4O. The SMILES string of the molecule is COc1ccc(/C=C/c2c(N)ncnc2N)cc1. The second-order valence-corrected chi connectivity index (χ2v) is 3.66. The van der Waals surface area contributed by atoms with Crippen molar-refractivity contribution in [3.63, 3.8) is 0 Å². The zero-order chi connectivity index (χ0) is 13.0. The van der Waals surface area contributed by atoms with Crippen molar-refractivity contribution in [2.75, 3.05) is 18.6 Å². The molecule has 5 nitrogen and oxygen atoms in total. The molecule has 0 saturated carbocycles. The summed E-state index contributed by atoms with van der Waals surface area (Å²) in [7, 11) is 1.63. The minimum absolute atomic E-state index is 0.368. The van der Waals surface area contributed by atoms with Crippen molar-refractivity contribution in [1.29, 1.82) is 0 Å². The van der Waals surface area contributed by atoms with Crippen molar-refractivity contribution < 1.29 is 4.74 Å². The molecule has 0 atom stereocenters. The number of anilines is 2. The van der Waals surface area contributed by atoms with Crippen LogP contribution in [0.3, 0.4) is 0 Å². The van der Waals surface area contributed by atoms with Gasteiger partial charge < -0.3 is 16.2 Å². The molecule has 1 aromatic heterocycles. The highest BCUT2D eigenvalue weighted by atomic mass is 16.5. The highest BCUT2D eigenvalue weighted by Crippen LogP contribution is 2.18. The van der Waals surface area contributed by atoms with E-state index in [0.29, 0.717) is 17.2 Å². The summed E-state index contributed by atoms with van der Waals surface area (Å²) in [5.74, 6) is 1.55. The summed E-state index contributed by atoms with van der Waals surface area (Å²) in [4.78, 5) is 7.79. The van der Waals surface area contributed by atoms with E-state index in [4.69, 9.17) is 16.2 Å². The summed E-state index contributed by atoms with van der Waals surface area (Å²) in [6.45, 7) is 0. The van der Waals surface area contributed by atoms with Crippen molar-refractivity contribution in [2.45, 2.75) is 0 Å². The molecule has 2 rings (SSSR count). The molecule has 0 aliphatic rings. The molecule has 1 aromatic carbocycles. The number of hydrogen-bond acceptors (Lipinski definition) is 5. The summed E-state index contributed by atoms with van der Waals surface area (Å²) in [5, 5.41) is 0. The summed E-state index contributed by atoms with van der Waals surface area (Å²) in [6, 6.07) is 7.64. The number of nitrogen functional groups attached to an aromatic ring is 2. The Labute approximate surface area is 105 Å². The van der Waals surface area contributed by atoms with E-state index in [2.05, 4.69) is 9.97 Å². The van der Waals surface area contributed by atoms with Gasteiger partial charge in [-0.15, -0.1) is 0 Å². The molecule has 0 aliphatic heterocycles. The fraction of sp³-hybridized carbons (Fsp3) is 0.0769. The lowest BCUT2D eigenvalue weighted by Crippen LogP contribution is -2.00. The number of rotatable bonds is 3. The van der Waals surface area contributed by atoms with E-state index in [1.807, 2.05) is 30.3 Å². The van der Waals surface area contributed by atoms with E-state index >= 15 is 0 Å². The fourth-order valence-corrected chi connectivity index (χ4v) is 1.49. The summed E-state index contributed by atoms with van der Waals surface area (Å²) in [5.41, 5.74) is 13.1. The van der Waals surface area contributed by atoms with Crippen LogP contribution < -0.4 is 16.2 Å². The van der Waals surface area contributed by atoms with Crippen LogP contribution in [0.5, 0.6) is 5.75 Å². The van der Waals surface area contributed by atoms with Crippen molar-refractivity contribution >= 4 is 23.8 Å². The third kappa shape index (κ3) is 2.57. The minimum Gasteiger partial charge on any atom is -0.497 e. The topological polar surface area (TPSA) is 87.0 Å². The Morgan fingerprint density at radius 3 is 2.17 bits per heavy atom. The number of methoxy groups -OCH3 is 1. The predicted octanol–water partition coefficient (Wildman–Crippen LogP) is 1.82. The van der Waals surface area contributed by atoms with Gasteiger partial charge >= 0.3 is 0 Å². The first-order valence-corrected chi connectivity index (χ1v) is 5.39. The lowest BCUT2D eigenvalue weighted by atomic mass is 10.1. The van der Waals surface area contributed by atoms with Gasteiger partial charge in [0.05, 0.1) is 12.7 Å². The third-order valence-corrected chi connectivity index (χ3v) is 2.50. The average Bonchev–Trinajstić information content (AvgIpc) is 2.39. The molecule has 5 heteroatoms. The van der Waals surface area contributed by atoms with Crippen LogP contribution in [-0.4, -0.2) is 17.1 Å². The van der Waals surface area contributed by atoms with Crippen LogP contribution in [0.15, 0.2) is 30.6 Å². The minimum atomic E-state index is 0.368. The molecule has 0 saturated heterocycles. The van der Waals surface area contributed by atoms with Crippen LogP contribution in [-0.2, 0) is 0 Å². The number of ether oxygens (including phenoxy) is 1. The second kappa shape index (κ2) is 5.18. The van der Waals surface area contributed by atoms with Crippen LogP contribution in [0.4, 0.5) is 11.6 Å². The van der Waals surface area contributed by atoms with E-state index in [1.165, 1.54) is 6.33 Å². The Bertz CT molecular complexity index is 543. The molecule has 92 valence electrons.